The molecule has 3 aromatic rings. The Labute approximate surface area is 188 Å². The average molecular weight is 462 g/mol. The predicted octanol–water partition coefficient (Wildman–Crippen LogP) is 3.08. The summed E-state index contributed by atoms with van der Waals surface area (Å²) in [5.41, 5.74) is 13.6. The van der Waals surface area contributed by atoms with Gasteiger partial charge in [-0.1, -0.05) is 0 Å². The summed E-state index contributed by atoms with van der Waals surface area (Å²) >= 11 is 0. The molecule has 0 saturated carbocycles. The van der Waals surface area contributed by atoms with Crippen LogP contribution in [0.5, 0.6) is 0 Å². The highest BCUT2D eigenvalue weighted by Gasteiger charge is 2.44. The van der Waals surface area contributed by atoms with E-state index in [4.69, 9.17) is 15.9 Å². The molecule has 8 nitrogen and oxygen atoms in total. The van der Waals surface area contributed by atoms with Crippen LogP contribution in [0.1, 0.15) is 29.5 Å². The Kier molecular flexibility index (Phi) is 6.26. The van der Waals surface area contributed by atoms with Crippen LogP contribution in [0, 0.1) is 5.92 Å². The number of rotatable bonds is 5. The van der Waals surface area contributed by atoms with E-state index in [1.54, 1.807) is 31.3 Å². The van der Waals surface area contributed by atoms with Gasteiger partial charge in [0.1, 0.15) is 16.8 Å². The molecule has 0 bridgehead atoms. The maximum absolute atomic E-state index is 13.4. The molecule has 1 aliphatic rings. The lowest BCUT2D eigenvalue weighted by Crippen LogP contribution is -2.51. The zero-order valence-electron chi connectivity index (χ0n) is 18.0. The average Bonchev–Trinajstić information content (AvgIpc) is 3.10. The molecule has 1 aliphatic heterocycles. The number of alkyl halides is 3. The summed E-state index contributed by atoms with van der Waals surface area (Å²) < 4.78 is 46.0. The van der Waals surface area contributed by atoms with E-state index in [-0.39, 0.29) is 36.8 Å². The van der Waals surface area contributed by atoms with Crippen LogP contribution in [0.15, 0.2) is 41.2 Å². The molecule has 0 aliphatic carbocycles. The van der Waals surface area contributed by atoms with Crippen molar-refractivity contribution in [2.45, 2.75) is 38.0 Å². The number of nitrogens with zero attached hydrogens (tertiary/aromatic N) is 3. The zero-order chi connectivity index (χ0) is 23.8. The van der Waals surface area contributed by atoms with E-state index in [9.17, 15) is 18.0 Å². The van der Waals surface area contributed by atoms with Crippen molar-refractivity contribution in [1.82, 2.24) is 9.97 Å². The van der Waals surface area contributed by atoms with Crippen LogP contribution in [0.2, 0.25) is 0 Å². The maximum atomic E-state index is 13.4. The van der Waals surface area contributed by atoms with E-state index in [0.29, 0.717) is 29.0 Å². The molecule has 0 spiro atoms. The second kappa shape index (κ2) is 8.99. The van der Waals surface area contributed by atoms with Gasteiger partial charge >= 0.3 is 6.18 Å². The fourth-order valence-electron chi connectivity index (χ4n) is 4.16. The number of carbonyl (C=O) groups is 1. The Bertz CT molecular complexity index is 1150. The first kappa shape index (κ1) is 23.0. The predicted molar refractivity (Wildman–Crippen MR) is 118 cm³/mol. The number of hydrogen-bond acceptors (Lipinski definition) is 7. The van der Waals surface area contributed by atoms with E-state index in [2.05, 4.69) is 15.3 Å². The van der Waals surface area contributed by atoms with Crippen LogP contribution in [0.3, 0.4) is 0 Å². The fourth-order valence-corrected chi connectivity index (χ4v) is 4.16. The molecule has 4 heterocycles. The third-order valence-corrected chi connectivity index (χ3v) is 5.59. The van der Waals surface area contributed by atoms with Crippen molar-refractivity contribution in [2.24, 2.45) is 17.4 Å². The smallest absolute Gasteiger partial charge is 0.393 e. The number of halogens is 3. The summed E-state index contributed by atoms with van der Waals surface area (Å²) in [7, 11) is 0. The number of aromatic nitrogens is 2. The minimum Gasteiger partial charge on any atom is -0.458 e. The van der Waals surface area contributed by atoms with Crippen molar-refractivity contribution in [3.63, 3.8) is 0 Å². The molecule has 3 aromatic heterocycles. The van der Waals surface area contributed by atoms with Gasteiger partial charge in [-0.05, 0) is 31.5 Å². The number of pyridine rings is 2. The first-order chi connectivity index (χ1) is 15.6. The van der Waals surface area contributed by atoms with Gasteiger partial charge in [-0.2, -0.15) is 13.2 Å². The van der Waals surface area contributed by atoms with Gasteiger partial charge in [-0.15, -0.1) is 0 Å². The molecule has 1 fully saturated rings. The van der Waals surface area contributed by atoms with E-state index in [1.165, 1.54) is 17.3 Å². The number of anilines is 2. The summed E-state index contributed by atoms with van der Waals surface area (Å²) in [5.74, 6) is -1.68. The molecule has 33 heavy (non-hydrogen) atoms. The Morgan fingerprint density at radius 1 is 1.33 bits per heavy atom. The molecule has 1 saturated heterocycles. The van der Waals surface area contributed by atoms with Crippen molar-refractivity contribution in [3.05, 3.63) is 48.1 Å². The van der Waals surface area contributed by atoms with Gasteiger partial charge in [0.15, 0.2) is 5.58 Å². The lowest BCUT2D eigenvalue weighted by molar-refractivity contribution is -0.177. The quantitative estimate of drug-likeness (QED) is 0.532. The van der Waals surface area contributed by atoms with Gasteiger partial charge in [0.25, 0.3) is 5.91 Å². The standard InChI is InChI=1S/C22H25F3N6O2/c1-12(26)7-18-19(20-17(33-18)3-2-5-29-20)21(32)30-15-9-28-6-4-16(15)31-10-13(22(23,24)25)8-14(27)11-31/h2-6,9,12-14H,7-8,10-11,26-27H2,1H3,(H,30,32)/t12?,13-,14+/m1/s1. The number of carbonyl (C=O) groups excluding carboxylic acids is 1. The largest absolute Gasteiger partial charge is 0.458 e. The normalized spacial score (nSPS) is 20.1. The van der Waals surface area contributed by atoms with Gasteiger partial charge in [-0.3, -0.25) is 14.8 Å². The minimum absolute atomic E-state index is 0.139. The van der Waals surface area contributed by atoms with Crippen LogP contribution < -0.4 is 21.7 Å². The van der Waals surface area contributed by atoms with Gasteiger partial charge in [0.2, 0.25) is 0 Å². The van der Waals surface area contributed by atoms with E-state index in [1.807, 2.05) is 0 Å². The van der Waals surface area contributed by atoms with E-state index < -0.39 is 24.0 Å². The summed E-state index contributed by atoms with van der Waals surface area (Å²) in [6, 6.07) is 4.04. The summed E-state index contributed by atoms with van der Waals surface area (Å²) in [5, 5.41) is 2.78. The third kappa shape index (κ3) is 4.93. The number of furan rings is 1. The molecule has 1 unspecified atom stereocenters. The molecule has 5 N–H and O–H groups in total. The lowest BCUT2D eigenvalue weighted by Gasteiger charge is -2.39. The van der Waals surface area contributed by atoms with Crippen LogP contribution in [-0.2, 0) is 6.42 Å². The van der Waals surface area contributed by atoms with Crippen molar-refractivity contribution >= 4 is 28.4 Å². The van der Waals surface area contributed by atoms with Crippen LogP contribution >= 0.6 is 0 Å². The molecular formula is C22H25F3N6O2. The minimum atomic E-state index is -4.36. The van der Waals surface area contributed by atoms with Crippen LogP contribution in [0.25, 0.3) is 11.1 Å². The van der Waals surface area contributed by atoms with Crippen LogP contribution in [-0.4, -0.2) is 47.2 Å². The monoisotopic (exact) mass is 462 g/mol. The first-order valence-corrected chi connectivity index (χ1v) is 10.6. The third-order valence-electron chi connectivity index (χ3n) is 5.59. The van der Waals surface area contributed by atoms with E-state index in [0.717, 1.165) is 0 Å². The molecule has 0 aromatic carbocycles. The Hall–Kier alpha value is -3.18. The molecule has 3 atom stereocenters. The van der Waals surface area contributed by atoms with Gasteiger partial charge < -0.3 is 26.1 Å². The number of amides is 1. The molecule has 11 heteroatoms. The lowest BCUT2D eigenvalue weighted by atomic mass is 9.93. The first-order valence-electron chi connectivity index (χ1n) is 10.6. The summed E-state index contributed by atoms with van der Waals surface area (Å²) in [6.45, 7) is 1.76. The number of nitrogens with two attached hydrogens (primary N) is 2. The van der Waals surface area contributed by atoms with Crippen molar-refractivity contribution in [1.29, 1.82) is 0 Å². The molecule has 176 valence electrons. The molecule has 1 amide bonds. The highest BCUT2D eigenvalue weighted by Crippen LogP contribution is 2.37. The van der Waals surface area contributed by atoms with Gasteiger partial charge in [-0.25, -0.2) is 0 Å². The Balaban J connectivity index is 1.66. The highest BCUT2D eigenvalue weighted by molar-refractivity contribution is 6.13. The number of fused-ring (bicyclic) bond motifs is 1. The fraction of sp³-hybridized carbons (Fsp3) is 0.409. The topological polar surface area (TPSA) is 123 Å². The summed E-state index contributed by atoms with van der Waals surface area (Å²) in [6.07, 6.45) is 0.225. The van der Waals surface area contributed by atoms with Gasteiger partial charge in [0, 0.05) is 44.0 Å². The Morgan fingerprint density at radius 2 is 2.12 bits per heavy atom. The second-order valence-electron chi connectivity index (χ2n) is 8.42. The summed E-state index contributed by atoms with van der Waals surface area (Å²) in [4.78, 5) is 23.2. The number of piperidine rings is 1. The van der Waals surface area contributed by atoms with E-state index >= 15 is 0 Å². The maximum Gasteiger partial charge on any atom is 0.393 e. The van der Waals surface area contributed by atoms with Crippen LogP contribution in [0.4, 0.5) is 24.5 Å². The number of nitrogens with one attached hydrogen (secondary N) is 1. The van der Waals surface area contributed by atoms with Crippen molar-refractivity contribution in [3.8, 4) is 0 Å². The number of hydrogen-bond donors (Lipinski definition) is 3. The molecular weight excluding hydrogens is 437 g/mol. The molecule has 0 radical (unpaired) electrons. The zero-order valence-corrected chi connectivity index (χ0v) is 18.0. The SMILES string of the molecule is CC(N)Cc1oc2cccnc2c1C(=O)Nc1cnccc1N1C[C@@H](N)C[C@@H](C(F)(F)F)C1. The second-order valence-corrected chi connectivity index (χ2v) is 8.42. The van der Waals surface area contributed by atoms with Crippen molar-refractivity contribution < 1.29 is 22.4 Å². The van der Waals surface area contributed by atoms with Crippen molar-refractivity contribution in [2.75, 3.05) is 23.3 Å². The van der Waals surface area contributed by atoms with Gasteiger partial charge in [0.05, 0.1) is 23.5 Å². The Morgan fingerprint density at radius 3 is 2.85 bits per heavy atom. The molecule has 4 rings (SSSR count). The highest BCUT2D eigenvalue weighted by atomic mass is 19.4.